The van der Waals surface area contributed by atoms with E-state index in [1.807, 2.05) is 36.4 Å². The van der Waals surface area contributed by atoms with Crippen LogP contribution in [0.2, 0.25) is 0 Å². The fraction of sp³-hybridized carbons (Fsp3) is 0.294. The first-order valence-corrected chi connectivity index (χ1v) is 14.3. The summed E-state index contributed by atoms with van der Waals surface area (Å²) in [4.78, 5) is 29.4. The monoisotopic (exact) mass is 548 g/mol. The van der Waals surface area contributed by atoms with Crippen LogP contribution in [-0.2, 0) is 16.7 Å². The summed E-state index contributed by atoms with van der Waals surface area (Å²) in [6, 6.07) is 22.7. The molecule has 0 N–H and O–H groups in total. The molecule has 2 aliphatic rings. The second-order valence-electron chi connectivity index (χ2n) is 11.0. The van der Waals surface area contributed by atoms with Gasteiger partial charge in [0.2, 0.25) is 5.90 Å². The maximum Gasteiger partial charge on any atom is 0.365 e. The molecule has 0 unspecified atom stereocenters. The Morgan fingerprint density at radius 1 is 0.927 bits per heavy atom. The molecule has 0 fully saturated rings. The van der Waals surface area contributed by atoms with Crippen LogP contribution < -0.4 is 4.74 Å². The summed E-state index contributed by atoms with van der Waals surface area (Å²) >= 11 is 0. The number of carbonyl (C=O) groups is 1. The number of fused-ring (bicyclic) bond motifs is 5. The number of ether oxygens (including phenoxy) is 1. The summed E-state index contributed by atoms with van der Waals surface area (Å²) in [6.45, 7) is 4.34. The molecule has 1 heterocycles. The van der Waals surface area contributed by atoms with Crippen LogP contribution in [0.4, 0.5) is 5.69 Å². The Balaban J connectivity index is 1.32. The van der Waals surface area contributed by atoms with E-state index >= 15 is 0 Å². The predicted octanol–water partition coefficient (Wildman–Crippen LogP) is 8.50. The molecule has 208 valence electrons. The number of unbranched alkanes of at least 4 members (excludes halogenated alkanes) is 2. The molecule has 0 aromatic heterocycles. The number of hydrogen-bond acceptors (Lipinski definition) is 6. The van der Waals surface area contributed by atoms with Crippen molar-refractivity contribution in [2.24, 2.45) is 5.16 Å². The lowest BCUT2D eigenvalue weighted by molar-refractivity contribution is -0.384. The number of nitrogens with zero attached hydrogens (tertiary/aromatic N) is 2. The van der Waals surface area contributed by atoms with E-state index in [1.54, 1.807) is 24.3 Å². The van der Waals surface area contributed by atoms with Crippen molar-refractivity contribution < 1.29 is 19.3 Å². The summed E-state index contributed by atoms with van der Waals surface area (Å²) in [6.07, 6.45) is 6.32. The fourth-order valence-corrected chi connectivity index (χ4v) is 6.36. The first-order valence-electron chi connectivity index (χ1n) is 14.3. The molecular weight excluding hydrogens is 516 g/mol. The van der Waals surface area contributed by atoms with Crippen molar-refractivity contribution >= 4 is 28.3 Å². The molecule has 7 heteroatoms. The molecule has 7 nitrogen and oxygen atoms in total. The number of non-ortho nitro benzene ring substituents is 1. The van der Waals surface area contributed by atoms with Crippen molar-refractivity contribution in [3.63, 3.8) is 0 Å². The van der Waals surface area contributed by atoms with Crippen LogP contribution in [0.15, 0.2) is 78.0 Å². The highest BCUT2D eigenvalue weighted by molar-refractivity contribution is 5.96. The highest BCUT2D eigenvalue weighted by atomic mass is 16.7. The molecule has 41 heavy (non-hydrogen) atoms. The Kier molecular flexibility index (Phi) is 7.03. The summed E-state index contributed by atoms with van der Waals surface area (Å²) in [7, 11) is 0. The highest BCUT2D eigenvalue weighted by Crippen LogP contribution is 2.56. The molecule has 6 rings (SSSR count). The van der Waals surface area contributed by atoms with Crippen molar-refractivity contribution in [1.82, 2.24) is 0 Å². The van der Waals surface area contributed by atoms with Gasteiger partial charge < -0.3 is 9.57 Å². The first kappa shape index (κ1) is 26.7. The topological polar surface area (TPSA) is 91.0 Å². The van der Waals surface area contributed by atoms with Crippen LogP contribution in [0.5, 0.6) is 5.75 Å². The van der Waals surface area contributed by atoms with E-state index in [2.05, 4.69) is 31.1 Å². The number of nitro benzene ring substituents is 1. The Bertz CT molecular complexity index is 1700. The SMILES string of the molecule is CCCCC1(CCCC)c2cc([N+](=O)[O-])ccc2-c2cc3c(cc21)O/C(=N/OC(=O)c1ccc2ccccc2c1)C3. The fourth-order valence-electron chi connectivity index (χ4n) is 6.36. The average molecular weight is 549 g/mol. The molecular formula is C34H32N2O5. The van der Waals surface area contributed by atoms with Crippen molar-refractivity contribution in [2.45, 2.75) is 64.2 Å². The van der Waals surface area contributed by atoms with Crippen LogP contribution in [-0.4, -0.2) is 16.8 Å². The summed E-state index contributed by atoms with van der Waals surface area (Å²) in [5, 5.41) is 17.8. The number of oxime groups is 1. The van der Waals surface area contributed by atoms with Gasteiger partial charge in [-0.1, -0.05) is 69.9 Å². The van der Waals surface area contributed by atoms with E-state index in [-0.39, 0.29) is 16.0 Å². The van der Waals surface area contributed by atoms with Gasteiger partial charge in [-0.3, -0.25) is 10.1 Å². The highest BCUT2D eigenvalue weighted by Gasteiger charge is 2.44. The maximum atomic E-state index is 12.7. The zero-order valence-corrected chi connectivity index (χ0v) is 23.3. The lowest BCUT2D eigenvalue weighted by Gasteiger charge is -2.32. The summed E-state index contributed by atoms with van der Waals surface area (Å²) in [5.41, 5.74) is 5.53. The molecule has 0 radical (unpaired) electrons. The molecule has 4 aromatic rings. The second-order valence-corrected chi connectivity index (χ2v) is 11.0. The van der Waals surface area contributed by atoms with Gasteiger partial charge >= 0.3 is 5.97 Å². The molecule has 1 aliphatic carbocycles. The molecule has 0 bridgehead atoms. The van der Waals surface area contributed by atoms with Crippen LogP contribution in [0.1, 0.15) is 79.4 Å². The van der Waals surface area contributed by atoms with Gasteiger partial charge in [-0.2, -0.15) is 0 Å². The number of benzene rings is 4. The van der Waals surface area contributed by atoms with Gasteiger partial charge in [0, 0.05) is 23.1 Å². The zero-order chi connectivity index (χ0) is 28.6. The normalized spacial score (nSPS) is 15.3. The van der Waals surface area contributed by atoms with Crippen molar-refractivity contribution in [1.29, 1.82) is 0 Å². The zero-order valence-electron chi connectivity index (χ0n) is 23.3. The third-order valence-electron chi connectivity index (χ3n) is 8.44. The van der Waals surface area contributed by atoms with Crippen LogP contribution in [0.3, 0.4) is 0 Å². The summed E-state index contributed by atoms with van der Waals surface area (Å²) < 4.78 is 6.12. The first-order chi connectivity index (χ1) is 19.9. The minimum atomic E-state index is -0.543. The smallest absolute Gasteiger partial charge is 0.365 e. The molecule has 1 aliphatic heterocycles. The van der Waals surface area contributed by atoms with E-state index in [9.17, 15) is 14.9 Å². The van der Waals surface area contributed by atoms with Crippen molar-refractivity contribution in [2.75, 3.05) is 0 Å². The summed E-state index contributed by atoms with van der Waals surface area (Å²) in [5.74, 6) is 0.484. The van der Waals surface area contributed by atoms with E-state index in [0.29, 0.717) is 23.6 Å². The maximum absolute atomic E-state index is 12.7. The Morgan fingerprint density at radius 3 is 2.39 bits per heavy atom. The van der Waals surface area contributed by atoms with Gasteiger partial charge in [0.25, 0.3) is 5.69 Å². The largest absolute Gasteiger partial charge is 0.439 e. The van der Waals surface area contributed by atoms with E-state index in [0.717, 1.165) is 77.1 Å². The second kappa shape index (κ2) is 10.8. The Hall–Kier alpha value is -4.52. The quantitative estimate of drug-likeness (QED) is 0.119. The van der Waals surface area contributed by atoms with Gasteiger partial charge in [-0.25, -0.2) is 4.79 Å². The number of hydrogen-bond donors (Lipinski definition) is 0. The molecule has 0 spiro atoms. The third-order valence-corrected chi connectivity index (χ3v) is 8.44. The van der Waals surface area contributed by atoms with Crippen molar-refractivity contribution in [3.8, 4) is 16.9 Å². The minimum Gasteiger partial charge on any atom is -0.439 e. The predicted molar refractivity (Wildman–Crippen MR) is 159 cm³/mol. The third kappa shape index (κ3) is 4.75. The number of rotatable bonds is 9. The van der Waals surface area contributed by atoms with Crippen LogP contribution in [0, 0.1) is 10.1 Å². The average Bonchev–Trinajstić information content (AvgIpc) is 3.52. The van der Waals surface area contributed by atoms with E-state index in [1.165, 1.54) is 0 Å². The molecule has 0 amide bonds. The molecule has 0 atom stereocenters. The van der Waals surface area contributed by atoms with E-state index < -0.39 is 5.97 Å². The minimum absolute atomic E-state index is 0.125. The van der Waals surface area contributed by atoms with Crippen molar-refractivity contribution in [3.05, 3.63) is 105 Å². The van der Waals surface area contributed by atoms with Crippen LogP contribution in [0.25, 0.3) is 21.9 Å². The molecule has 0 saturated heterocycles. The lowest BCUT2D eigenvalue weighted by atomic mass is 9.70. The Morgan fingerprint density at radius 2 is 1.66 bits per heavy atom. The molecule has 0 saturated carbocycles. The van der Waals surface area contributed by atoms with Gasteiger partial charge in [0.1, 0.15) is 5.75 Å². The number of nitro groups is 1. The van der Waals surface area contributed by atoms with Gasteiger partial charge in [-0.05, 0) is 81.4 Å². The van der Waals surface area contributed by atoms with Crippen LogP contribution >= 0.6 is 0 Å². The van der Waals surface area contributed by atoms with Gasteiger partial charge in [0.15, 0.2) is 0 Å². The van der Waals surface area contributed by atoms with Gasteiger partial charge in [0.05, 0.1) is 16.9 Å². The Labute approximate surface area is 238 Å². The lowest BCUT2D eigenvalue weighted by Crippen LogP contribution is -2.25. The standard InChI is InChI=1S/C34H32N2O5/c1-3-5-15-34(16-6-4-2)29-20-26(36(38)39)13-14-27(29)28-18-25-19-32(40-31(25)21-30(28)34)35-41-33(37)24-12-11-22-9-7-8-10-23(22)17-24/h7-14,17-18,20-21H,3-6,15-16,19H2,1-2H3/b35-32+. The number of carbonyl (C=O) groups excluding carboxylic acids is 1. The molecule has 4 aromatic carbocycles. The van der Waals surface area contributed by atoms with Gasteiger partial charge in [-0.15, -0.1) is 0 Å². The van der Waals surface area contributed by atoms with E-state index in [4.69, 9.17) is 9.57 Å².